The van der Waals surface area contributed by atoms with Gasteiger partial charge in [0.2, 0.25) is 0 Å². The number of alkyl halides is 1. The average Bonchev–Trinajstić information content (AvgIpc) is 2.39. The molecule has 0 aromatic heterocycles. The van der Waals surface area contributed by atoms with Crippen LogP contribution in [0.3, 0.4) is 0 Å². The predicted octanol–water partition coefficient (Wildman–Crippen LogP) is 3.00. The number of ether oxygens (including phenoxy) is 1. The maximum atomic E-state index is 13.0. The predicted molar refractivity (Wildman–Crippen MR) is 72.4 cm³/mol. The van der Waals surface area contributed by atoms with Gasteiger partial charge in [0, 0.05) is 19.1 Å². The first kappa shape index (κ1) is 14.6. The summed E-state index contributed by atoms with van der Waals surface area (Å²) in [5, 5.41) is 2.99. The molecular formula is C13H14Cl2FNO2. The Hall–Kier alpha value is -0.840. The summed E-state index contributed by atoms with van der Waals surface area (Å²) < 4.78 is 18.2. The minimum absolute atomic E-state index is 0.0919. The first-order valence-electron chi connectivity index (χ1n) is 5.98. The van der Waals surface area contributed by atoms with Gasteiger partial charge < -0.3 is 10.1 Å². The van der Waals surface area contributed by atoms with E-state index >= 15 is 0 Å². The minimum Gasteiger partial charge on any atom is -0.381 e. The van der Waals surface area contributed by atoms with E-state index in [0.717, 1.165) is 6.07 Å². The number of carbonyl (C=O) groups is 1. The Morgan fingerprint density at radius 1 is 1.42 bits per heavy atom. The molecule has 1 heterocycles. The molecule has 0 atom stereocenters. The van der Waals surface area contributed by atoms with Crippen molar-refractivity contribution in [2.45, 2.75) is 18.4 Å². The van der Waals surface area contributed by atoms with Gasteiger partial charge in [-0.05, 0) is 31.0 Å². The first-order valence-corrected chi connectivity index (χ1v) is 6.89. The molecule has 0 bridgehead atoms. The van der Waals surface area contributed by atoms with E-state index in [2.05, 4.69) is 5.32 Å². The molecule has 2 rings (SSSR count). The highest BCUT2D eigenvalue weighted by Crippen LogP contribution is 2.24. The van der Waals surface area contributed by atoms with Crippen LogP contribution < -0.4 is 5.32 Å². The third kappa shape index (κ3) is 3.38. The molecule has 19 heavy (non-hydrogen) atoms. The van der Waals surface area contributed by atoms with Crippen LogP contribution in [0.5, 0.6) is 0 Å². The Bertz CT molecular complexity index is 476. The monoisotopic (exact) mass is 305 g/mol. The average molecular weight is 306 g/mol. The number of nitrogens with one attached hydrogen (secondary N) is 1. The summed E-state index contributed by atoms with van der Waals surface area (Å²) in [5.41, 5.74) is -0.228. The second-order valence-electron chi connectivity index (χ2n) is 4.60. The zero-order chi connectivity index (χ0) is 13.9. The van der Waals surface area contributed by atoms with E-state index in [1.807, 2.05) is 0 Å². The third-order valence-corrected chi connectivity index (χ3v) is 4.08. The molecule has 1 N–H and O–H groups in total. The van der Waals surface area contributed by atoms with Gasteiger partial charge in [0.25, 0.3) is 5.91 Å². The Balaban J connectivity index is 2.15. The lowest BCUT2D eigenvalue weighted by atomic mass is 9.92. The van der Waals surface area contributed by atoms with Crippen molar-refractivity contribution in [3.8, 4) is 0 Å². The molecule has 1 aliphatic rings. The number of hydrogen-bond acceptors (Lipinski definition) is 2. The molecule has 1 fully saturated rings. The van der Waals surface area contributed by atoms with Crippen LogP contribution in [0.1, 0.15) is 23.2 Å². The van der Waals surface area contributed by atoms with Crippen molar-refractivity contribution in [2.24, 2.45) is 0 Å². The summed E-state index contributed by atoms with van der Waals surface area (Å²) in [6.45, 7) is 1.12. The molecule has 3 nitrogen and oxygen atoms in total. The molecule has 0 aliphatic carbocycles. The molecule has 0 unspecified atom stereocenters. The fraction of sp³-hybridized carbons (Fsp3) is 0.462. The van der Waals surface area contributed by atoms with Crippen molar-refractivity contribution in [1.29, 1.82) is 0 Å². The summed E-state index contributed by atoms with van der Waals surface area (Å²) in [6.07, 6.45) is 1.31. The fourth-order valence-electron chi connectivity index (χ4n) is 2.04. The van der Waals surface area contributed by atoms with Crippen LogP contribution in [0.15, 0.2) is 18.2 Å². The Morgan fingerprint density at radius 2 is 2.11 bits per heavy atom. The van der Waals surface area contributed by atoms with Crippen LogP contribution in [0.2, 0.25) is 5.02 Å². The van der Waals surface area contributed by atoms with Gasteiger partial charge in [-0.1, -0.05) is 11.6 Å². The molecule has 0 saturated carbocycles. The van der Waals surface area contributed by atoms with Gasteiger partial charge in [-0.25, -0.2) is 4.39 Å². The quantitative estimate of drug-likeness (QED) is 0.872. The normalized spacial score (nSPS) is 18.1. The number of halogens is 3. The second kappa shape index (κ2) is 6.07. The molecule has 1 aliphatic heterocycles. The SMILES string of the molecule is O=C(NC1(CCl)CCOCC1)c1ccc(F)cc1Cl. The number of carbonyl (C=O) groups excluding carboxylic acids is 1. The number of amides is 1. The van der Waals surface area contributed by atoms with E-state index in [4.69, 9.17) is 27.9 Å². The summed E-state index contributed by atoms with van der Waals surface area (Å²) in [7, 11) is 0. The van der Waals surface area contributed by atoms with Crippen molar-refractivity contribution in [3.63, 3.8) is 0 Å². The maximum absolute atomic E-state index is 13.0. The highest BCUT2D eigenvalue weighted by Gasteiger charge is 2.33. The molecule has 1 aromatic carbocycles. The van der Waals surface area contributed by atoms with Gasteiger partial charge in [0.05, 0.1) is 16.1 Å². The summed E-state index contributed by atoms with van der Waals surface area (Å²) in [5.74, 6) is -0.506. The topological polar surface area (TPSA) is 38.3 Å². The molecule has 1 amide bonds. The van der Waals surface area contributed by atoms with Gasteiger partial charge in [-0.3, -0.25) is 4.79 Å². The van der Waals surface area contributed by atoms with Crippen molar-refractivity contribution < 1.29 is 13.9 Å². The third-order valence-electron chi connectivity index (χ3n) is 3.26. The highest BCUT2D eigenvalue weighted by atomic mass is 35.5. The highest BCUT2D eigenvalue weighted by molar-refractivity contribution is 6.33. The standard InChI is InChI=1S/C13H14Cl2FNO2/c14-8-13(3-5-19-6-4-13)17-12(18)10-2-1-9(16)7-11(10)15/h1-2,7H,3-6,8H2,(H,17,18). The molecule has 1 aromatic rings. The lowest BCUT2D eigenvalue weighted by Gasteiger charge is -2.36. The molecule has 104 valence electrons. The molecule has 6 heteroatoms. The van der Waals surface area contributed by atoms with Gasteiger partial charge in [0.15, 0.2) is 0 Å². The minimum atomic E-state index is -0.478. The fourth-order valence-corrected chi connectivity index (χ4v) is 2.62. The molecule has 0 spiro atoms. The zero-order valence-electron chi connectivity index (χ0n) is 10.2. The van der Waals surface area contributed by atoms with E-state index in [-0.39, 0.29) is 16.5 Å². The van der Waals surface area contributed by atoms with E-state index in [1.165, 1.54) is 12.1 Å². The second-order valence-corrected chi connectivity index (χ2v) is 5.28. The largest absolute Gasteiger partial charge is 0.381 e. The summed E-state index contributed by atoms with van der Waals surface area (Å²) >= 11 is 11.8. The molecular weight excluding hydrogens is 292 g/mol. The van der Waals surface area contributed by atoms with E-state index in [9.17, 15) is 9.18 Å². The lowest BCUT2D eigenvalue weighted by molar-refractivity contribution is 0.0434. The zero-order valence-corrected chi connectivity index (χ0v) is 11.7. The maximum Gasteiger partial charge on any atom is 0.253 e. The van der Waals surface area contributed by atoms with Gasteiger partial charge in [0.1, 0.15) is 5.82 Å². The summed E-state index contributed by atoms with van der Waals surface area (Å²) in [4.78, 5) is 12.2. The molecule has 1 saturated heterocycles. The van der Waals surface area contributed by atoms with Crippen LogP contribution in [-0.4, -0.2) is 30.5 Å². The van der Waals surface area contributed by atoms with Crippen LogP contribution in [-0.2, 0) is 4.74 Å². The van der Waals surface area contributed by atoms with Crippen molar-refractivity contribution in [1.82, 2.24) is 5.32 Å². The summed E-state index contributed by atoms with van der Waals surface area (Å²) in [6, 6.07) is 3.69. The van der Waals surface area contributed by atoms with Crippen LogP contribution in [0.25, 0.3) is 0 Å². The van der Waals surface area contributed by atoms with E-state index < -0.39 is 11.4 Å². The van der Waals surface area contributed by atoms with Crippen molar-refractivity contribution in [3.05, 3.63) is 34.6 Å². The van der Waals surface area contributed by atoms with Crippen LogP contribution >= 0.6 is 23.2 Å². The Morgan fingerprint density at radius 3 is 2.68 bits per heavy atom. The van der Waals surface area contributed by atoms with E-state index in [0.29, 0.717) is 31.9 Å². The van der Waals surface area contributed by atoms with Crippen LogP contribution in [0.4, 0.5) is 4.39 Å². The number of hydrogen-bond donors (Lipinski definition) is 1. The smallest absolute Gasteiger partial charge is 0.253 e. The van der Waals surface area contributed by atoms with E-state index in [1.54, 1.807) is 0 Å². The van der Waals surface area contributed by atoms with Crippen LogP contribution in [0, 0.1) is 5.82 Å². The first-order chi connectivity index (χ1) is 9.06. The number of rotatable bonds is 3. The molecule has 0 radical (unpaired) electrons. The van der Waals surface area contributed by atoms with Gasteiger partial charge in [-0.15, -0.1) is 11.6 Å². The van der Waals surface area contributed by atoms with Crippen molar-refractivity contribution >= 4 is 29.1 Å². The van der Waals surface area contributed by atoms with Gasteiger partial charge >= 0.3 is 0 Å². The number of benzene rings is 1. The van der Waals surface area contributed by atoms with Crippen molar-refractivity contribution in [2.75, 3.05) is 19.1 Å². The Kier molecular flexibility index (Phi) is 4.66. The lowest BCUT2D eigenvalue weighted by Crippen LogP contribution is -2.53. The Labute approximate surface area is 121 Å². The van der Waals surface area contributed by atoms with Gasteiger partial charge in [-0.2, -0.15) is 0 Å².